The molecule has 1 N–H and O–H groups in total. The van der Waals surface area contributed by atoms with E-state index >= 15 is 0 Å². The molecule has 0 fully saturated rings. The third-order valence-electron chi connectivity index (χ3n) is 6.39. The van der Waals surface area contributed by atoms with Gasteiger partial charge in [0.2, 0.25) is 0 Å². The number of nitrogens with zero attached hydrogens (tertiary/aromatic N) is 1. The van der Waals surface area contributed by atoms with E-state index in [1.54, 1.807) is 18.2 Å². The van der Waals surface area contributed by atoms with Gasteiger partial charge in [0.25, 0.3) is 0 Å². The molecule has 2 aromatic carbocycles. The van der Waals surface area contributed by atoms with E-state index < -0.39 is 5.97 Å². The fraction of sp³-hybridized carbons (Fsp3) is 0.467. The maximum absolute atomic E-state index is 12.9. The molecule has 0 radical (unpaired) electrons. The fourth-order valence-electron chi connectivity index (χ4n) is 4.44. The lowest BCUT2D eigenvalue weighted by molar-refractivity contribution is -0.121. The van der Waals surface area contributed by atoms with Crippen LogP contribution in [0.15, 0.2) is 48.5 Å². The quantitative estimate of drug-likeness (QED) is 0.265. The molecule has 0 saturated carbocycles. The second-order valence-electron chi connectivity index (χ2n) is 10.4. The van der Waals surface area contributed by atoms with E-state index in [1.165, 1.54) is 44.1 Å². The van der Waals surface area contributed by atoms with Gasteiger partial charge in [-0.3, -0.25) is 4.79 Å². The molecule has 3 aromatic rings. The Labute approximate surface area is 209 Å². The van der Waals surface area contributed by atoms with E-state index in [0.717, 1.165) is 23.0 Å². The van der Waals surface area contributed by atoms with E-state index in [1.807, 2.05) is 22.8 Å². The molecule has 0 unspecified atom stereocenters. The second kappa shape index (κ2) is 12.1. The minimum Gasteiger partial charge on any atom is -0.486 e. The van der Waals surface area contributed by atoms with E-state index in [4.69, 9.17) is 4.74 Å². The van der Waals surface area contributed by atoms with Crippen molar-refractivity contribution in [3.8, 4) is 5.75 Å². The number of hydrogen-bond donors (Lipinski definition) is 1. The number of rotatable bonds is 13. The molecule has 1 heterocycles. The van der Waals surface area contributed by atoms with Crippen molar-refractivity contribution in [3.05, 3.63) is 65.4 Å². The highest BCUT2D eigenvalue weighted by Gasteiger charge is 2.23. The number of aromatic carboxylic acids is 1. The van der Waals surface area contributed by atoms with Crippen LogP contribution in [-0.2, 0) is 23.2 Å². The zero-order valence-electron chi connectivity index (χ0n) is 21.6. The number of carbonyl (C=O) groups is 2. The minimum atomic E-state index is -0.959. The first-order valence-corrected chi connectivity index (χ1v) is 12.8. The van der Waals surface area contributed by atoms with E-state index in [-0.39, 0.29) is 29.9 Å². The molecule has 188 valence electrons. The van der Waals surface area contributed by atoms with Gasteiger partial charge in [-0.2, -0.15) is 0 Å². The Bertz CT molecular complexity index is 1140. The van der Waals surface area contributed by atoms with Gasteiger partial charge in [0.05, 0.1) is 12.1 Å². The summed E-state index contributed by atoms with van der Waals surface area (Å²) < 4.78 is 7.77. The Morgan fingerprint density at radius 3 is 2.26 bits per heavy atom. The number of Topliss-reactive ketones (excluding diaryl/α,β-unsaturated/α-hetero) is 1. The summed E-state index contributed by atoms with van der Waals surface area (Å²) >= 11 is 0. The van der Waals surface area contributed by atoms with Crippen molar-refractivity contribution in [2.45, 2.75) is 84.6 Å². The second-order valence-corrected chi connectivity index (χ2v) is 10.4. The van der Waals surface area contributed by atoms with Gasteiger partial charge in [-0.05, 0) is 54.8 Å². The molecule has 0 aliphatic carbocycles. The van der Waals surface area contributed by atoms with Crippen molar-refractivity contribution < 1.29 is 19.4 Å². The normalized spacial score (nSPS) is 11.7. The van der Waals surface area contributed by atoms with Gasteiger partial charge in [0.15, 0.2) is 5.78 Å². The van der Waals surface area contributed by atoms with Crippen molar-refractivity contribution in [3.63, 3.8) is 0 Å². The summed E-state index contributed by atoms with van der Waals surface area (Å²) in [5.74, 6) is -0.296. The first-order chi connectivity index (χ1) is 16.7. The van der Waals surface area contributed by atoms with Crippen molar-refractivity contribution >= 4 is 22.7 Å². The summed E-state index contributed by atoms with van der Waals surface area (Å²) in [7, 11) is 0. The topological polar surface area (TPSA) is 68.5 Å². The van der Waals surface area contributed by atoms with Crippen LogP contribution in [0.1, 0.15) is 87.8 Å². The Morgan fingerprint density at radius 1 is 0.914 bits per heavy atom. The number of aryl methyl sites for hydroxylation is 1. The molecule has 0 atom stereocenters. The van der Waals surface area contributed by atoms with E-state index in [9.17, 15) is 14.7 Å². The number of unbranched alkanes of at least 4 members (excludes halogenated alkanes) is 5. The number of carbonyl (C=O) groups excluding carboxylic acids is 1. The molecule has 0 aliphatic heterocycles. The lowest BCUT2D eigenvalue weighted by atomic mass is 9.92. The Morgan fingerprint density at radius 2 is 1.60 bits per heavy atom. The summed E-state index contributed by atoms with van der Waals surface area (Å²) in [5, 5.41) is 10.1. The van der Waals surface area contributed by atoms with Crippen LogP contribution in [0.5, 0.6) is 5.75 Å². The highest BCUT2D eigenvalue weighted by molar-refractivity contribution is 5.94. The molecule has 5 heteroatoms. The summed E-state index contributed by atoms with van der Waals surface area (Å²) in [5.41, 5.74) is 3.18. The van der Waals surface area contributed by atoms with Gasteiger partial charge in [-0.25, -0.2) is 4.79 Å². The van der Waals surface area contributed by atoms with Crippen LogP contribution in [0.3, 0.4) is 0 Å². The van der Waals surface area contributed by atoms with Gasteiger partial charge in [0.1, 0.15) is 12.4 Å². The number of ketones is 1. The van der Waals surface area contributed by atoms with E-state index in [0.29, 0.717) is 5.75 Å². The molecule has 1 aromatic heterocycles. The lowest BCUT2D eigenvalue weighted by Gasteiger charge is -2.22. The zero-order valence-corrected chi connectivity index (χ0v) is 21.6. The third kappa shape index (κ3) is 7.45. The molecule has 0 bridgehead atoms. The number of ether oxygens (including phenoxy) is 1. The summed E-state index contributed by atoms with van der Waals surface area (Å²) in [6, 6.07) is 15.1. The molecule has 0 amide bonds. The maximum Gasteiger partial charge on any atom is 0.335 e. The van der Waals surface area contributed by atoms with Crippen LogP contribution in [0.4, 0.5) is 0 Å². The lowest BCUT2D eigenvalue weighted by Crippen LogP contribution is -2.23. The average molecular weight is 478 g/mol. The van der Waals surface area contributed by atoms with Gasteiger partial charge in [-0.15, -0.1) is 0 Å². The first kappa shape index (κ1) is 26.5. The minimum absolute atomic E-state index is 0.00671. The smallest absolute Gasteiger partial charge is 0.335 e. The fourth-order valence-corrected chi connectivity index (χ4v) is 4.44. The van der Waals surface area contributed by atoms with E-state index in [2.05, 4.69) is 39.8 Å². The van der Waals surface area contributed by atoms with Gasteiger partial charge >= 0.3 is 5.97 Å². The molecular formula is C30H39NO4. The van der Waals surface area contributed by atoms with Crippen molar-refractivity contribution in [1.29, 1.82) is 0 Å². The summed E-state index contributed by atoms with van der Waals surface area (Å²) in [6.45, 7) is 8.67. The van der Waals surface area contributed by atoms with Crippen LogP contribution in [-0.4, -0.2) is 28.0 Å². The van der Waals surface area contributed by atoms with Crippen molar-refractivity contribution in [2.24, 2.45) is 0 Å². The summed E-state index contributed by atoms with van der Waals surface area (Å²) in [6.07, 6.45) is 8.80. The number of carboxylic acid groups (broad SMARTS) is 1. The Kier molecular flexibility index (Phi) is 9.13. The predicted molar refractivity (Wildman–Crippen MR) is 142 cm³/mol. The van der Waals surface area contributed by atoms with Crippen molar-refractivity contribution in [2.75, 3.05) is 6.61 Å². The predicted octanol–water partition coefficient (Wildman–Crippen LogP) is 7.19. The third-order valence-corrected chi connectivity index (χ3v) is 6.39. The van der Waals surface area contributed by atoms with Crippen LogP contribution < -0.4 is 4.74 Å². The maximum atomic E-state index is 12.9. The summed E-state index contributed by atoms with van der Waals surface area (Å²) in [4.78, 5) is 24.2. The molecule has 0 aliphatic rings. The first-order valence-electron chi connectivity index (χ1n) is 12.8. The standard InChI is InChI=1S/C30H39NO4/c1-5-6-7-8-9-10-11-22-12-15-26(16-13-22)35-21-25(32)20-31-27-17-14-23(29(33)34)18-24(27)19-28(31)30(2,3)4/h12-19H,5-11,20-21H2,1-4H3,(H,33,34). The molecule has 5 nitrogen and oxygen atoms in total. The van der Waals surface area contributed by atoms with Crippen LogP contribution in [0, 0.1) is 0 Å². The zero-order chi connectivity index (χ0) is 25.4. The largest absolute Gasteiger partial charge is 0.486 e. The number of benzene rings is 2. The van der Waals surface area contributed by atoms with Crippen molar-refractivity contribution in [1.82, 2.24) is 4.57 Å². The average Bonchev–Trinajstić information content (AvgIpc) is 3.19. The van der Waals surface area contributed by atoms with Gasteiger partial charge < -0.3 is 14.4 Å². The Balaban J connectivity index is 1.59. The highest BCUT2D eigenvalue weighted by Crippen LogP contribution is 2.30. The molecular weight excluding hydrogens is 438 g/mol. The molecule has 0 spiro atoms. The number of fused-ring (bicyclic) bond motifs is 1. The molecule has 3 rings (SSSR count). The molecule has 0 saturated heterocycles. The number of hydrogen-bond acceptors (Lipinski definition) is 3. The van der Waals surface area contributed by atoms with Crippen LogP contribution in [0.25, 0.3) is 10.9 Å². The SMILES string of the molecule is CCCCCCCCc1ccc(OCC(=O)Cn2c(C(C)(C)C)cc3cc(C(=O)O)ccc32)cc1. The number of aromatic nitrogens is 1. The highest BCUT2D eigenvalue weighted by atomic mass is 16.5. The van der Waals surface area contributed by atoms with Crippen LogP contribution >= 0.6 is 0 Å². The monoisotopic (exact) mass is 477 g/mol. The van der Waals surface area contributed by atoms with Crippen LogP contribution in [0.2, 0.25) is 0 Å². The molecule has 35 heavy (non-hydrogen) atoms. The van der Waals surface area contributed by atoms with Gasteiger partial charge in [0, 0.05) is 22.0 Å². The number of carboxylic acids is 1. The van der Waals surface area contributed by atoms with Gasteiger partial charge in [-0.1, -0.05) is 71.9 Å². The Hall–Kier alpha value is -3.08.